The number of hydrogen-bond acceptors (Lipinski definition) is 2. The van der Waals surface area contributed by atoms with Crippen LogP contribution in [0.5, 0.6) is 0 Å². The SMILES string of the molecule is CCc1ccc(C(=O)N2c3ccc(N)cc3CC2C)cc1. The second kappa shape index (κ2) is 5.24. The molecule has 1 heterocycles. The second-order valence-corrected chi connectivity index (χ2v) is 5.67. The van der Waals surface area contributed by atoms with E-state index in [0.717, 1.165) is 35.3 Å². The number of hydrogen-bond donors (Lipinski definition) is 1. The molecule has 3 rings (SSSR count). The normalized spacial score (nSPS) is 16.9. The van der Waals surface area contributed by atoms with Crippen molar-refractivity contribution in [3.8, 4) is 0 Å². The van der Waals surface area contributed by atoms with Crippen molar-refractivity contribution in [1.82, 2.24) is 0 Å². The van der Waals surface area contributed by atoms with Crippen LogP contribution in [0.4, 0.5) is 11.4 Å². The molecule has 0 aromatic heterocycles. The maximum absolute atomic E-state index is 12.8. The van der Waals surface area contributed by atoms with Crippen molar-refractivity contribution >= 4 is 17.3 Å². The number of carbonyl (C=O) groups excluding carboxylic acids is 1. The topological polar surface area (TPSA) is 46.3 Å². The van der Waals surface area contributed by atoms with Gasteiger partial charge in [-0.25, -0.2) is 0 Å². The molecule has 1 aliphatic rings. The number of nitrogen functional groups attached to an aromatic ring is 1. The average Bonchev–Trinajstić information content (AvgIpc) is 2.81. The number of amides is 1. The lowest BCUT2D eigenvalue weighted by atomic mass is 10.1. The summed E-state index contributed by atoms with van der Waals surface area (Å²) >= 11 is 0. The van der Waals surface area contributed by atoms with Crippen molar-refractivity contribution in [1.29, 1.82) is 0 Å². The number of anilines is 2. The Morgan fingerprint density at radius 2 is 1.95 bits per heavy atom. The predicted molar refractivity (Wildman–Crippen MR) is 86.6 cm³/mol. The average molecular weight is 280 g/mol. The van der Waals surface area contributed by atoms with Gasteiger partial charge in [-0.2, -0.15) is 0 Å². The van der Waals surface area contributed by atoms with Crippen molar-refractivity contribution < 1.29 is 4.79 Å². The van der Waals surface area contributed by atoms with Crippen LogP contribution in [-0.2, 0) is 12.8 Å². The largest absolute Gasteiger partial charge is 0.399 e. The Labute approximate surface area is 125 Å². The molecule has 3 heteroatoms. The predicted octanol–water partition coefficient (Wildman–Crippen LogP) is 3.42. The van der Waals surface area contributed by atoms with Crippen molar-refractivity contribution in [2.75, 3.05) is 10.6 Å². The van der Waals surface area contributed by atoms with E-state index in [0.29, 0.717) is 0 Å². The molecule has 21 heavy (non-hydrogen) atoms. The quantitative estimate of drug-likeness (QED) is 0.857. The molecule has 1 amide bonds. The lowest BCUT2D eigenvalue weighted by Crippen LogP contribution is -2.35. The highest BCUT2D eigenvalue weighted by Gasteiger charge is 2.31. The molecule has 2 aromatic carbocycles. The third-order valence-electron chi connectivity index (χ3n) is 4.15. The molecule has 0 spiro atoms. The van der Waals surface area contributed by atoms with Gasteiger partial charge >= 0.3 is 0 Å². The highest BCUT2D eigenvalue weighted by atomic mass is 16.2. The van der Waals surface area contributed by atoms with E-state index >= 15 is 0 Å². The molecule has 2 aromatic rings. The fourth-order valence-electron chi connectivity index (χ4n) is 2.98. The fraction of sp³-hybridized carbons (Fsp3) is 0.278. The zero-order chi connectivity index (χ0) is 15.0. The van der Waals surface area contributed by atoms with Crippen molar-refractivity contribution in [3.63, 3.8) is 0 Å². The molecule has 0 radical (unpaired) electrons. The molecule has 0 saturated carbocycles. The fourth-order valence-corrected chi connectivity index (χ4v) is 2.98. The number of rotatable bonds is 2. The van der Waals surface area contributed by atoms with Crippen LogP contribution in [0.15, 0.2) is 42.5 Å². The van der Waals surface area contributed by atoms with Crippen LogP contribution in [0.2, 0.25) is 0 Å². The summed E-state index contributed by atoms with van der Waals surface area (Å²) in [6, 6.07) is 13.8. The minimum atomic E-state index is 0.0636. The Kier molecular flexibility index (Phi) is 3.42. The summed E-state index contributed by atoms with van der Waals surface area (Å²) in [5.74, 6) is 0.0636. The number of fused-ring (bicyclic) bond motifs is 1. The molecule has 2 N–H and O–H groups in total. The third kappa shape index (κ3) is 2.40. The van der Waals surface area contributed by atoms with Crippen LogP contribution in [0.3, 0.4) is 0 Å². The molecule has 0 bridgehead atoms. The summed E-state index contributed by atoms with van der Waals surface area (Å²) in [6.07, 6.45) is 1.84. The van der Waals surface area contributed by atoms with Gasteiger partial charge in [0.15, 0.2) is 0 Å². The number of benzene rings is 2. The van der Waals surface area contributed by atoms with E-state index in [9.17, 15) is 4.79 Å². The van der Waals surface area contributed by atoms with Crippen LogP contribution in [0.1, 0.15) is 35.3 Å². The summed E-state index contributed by atoms with van der Waals surface area (Å²) in [5, 5.41) is 0. The monoisotopic (exact) mass is 280 g/mol. The Hall–Kier alpha value is -2.29. The van der Waals surface area contributed by atoms with Gasteiger partial charge in [-0.05, 0) is 61.2 Å². The number of nitrogens with zero attached hydrogens (tertiary/aromatic N) is 1. The molecule has 0 aliphatic carbocycles. The smallest absolute Gasteiger partial charge is 0.258 e. The minimum absolute atomic E-state index is 0.0636. The number of carbonyl (C=O) groups is 1. The van der Waals surface area contributed by atoms with Gasteiger partial charge in [-0.3, -0.25) is 4.79 Å². The van der Waals surface area contributed by atoms with Gasteiger partial charge in [0.25, 0.3) is 5.91 Å². The third-order valence-corrected chi connectivity index (χ3v) is 4.15. The molecule has 1 unspecified atom stereocenters. The van der Waals surface area contributed by atoms with E-state index < -0.39 is 0 Å². The van der Waals surface area contributed by atoms with Crippen LogP contribution < -0.4 is 10.6 Å². The molecule has 0 fully saturated rings. The molecule has 1 atom stereocenters. The number of nitrogens with two attached hydrogens (primary N) is 1. The highest BCUT2D eigenvalue weighted by Crippen LogP contribution is 2.34. The standard InChI is InChI=1S/C18H20N2O/c1-3-13-4-6-14(7-5-13)18(21)20-12(2)10-15-11-16(19)8-9-17(15)20/h4-9,11-12H,3,10,19H2,1-2H3. The van der Waals surface area contributed by atoms with E-state index in [2.05, 4.69) is 13.8 Å². The summed E-state index contributed by atoms with van der Waals surface area (Å²) in [6.45, 7) is 4.19. The first-order chi connectivity index (χ1) is 10.1. The van der Waals surface area contributed by atoms with Crippen molar-refractivity contribution in [2.45, 2.75) is 32.7 Å². The van der Waals surface area contributed by atoms with Crippen LogP contribution in [0.25, 0.3) is 0 Å². The van der Waals surface area contributed by atoms with Crippen LogP contribution in [0, 0.1) is 0 Å². The highest BCUT2D eigenvalue weighted by molar-refractivity contribution is 6.07. The first kappa shape index (κ1) is 13.7. The second-order valence-electron chi connectivity index (χ2n) is 5.67. The first-order valence-corrected chi connectivity index (χ1v) is 7.41. The zero-order valence-corrected chi connectivity index (χ0v) is 12.5. The Morgan fingerprint density at radius 1 is 1.24 bits per heavy atom. The summed E-state index contributed by atoms with van der Waals surface area (Å²) in [7, 11) is 0. The van der Waals surface area contributed by atoms with Gasteiger partial charge < -0.3 is 10.6 Å². The molecular formula is C18H20N2O. The Morgan fingerprint density at radius 3 is 2.62 bits per heavy atom. The molecule has 108 valence electrons. The van der Waals surface area contributed by atoms with Crippen molar-refractivity contribution in [2.24, 2.45) is 0 Å². The van der Waals surface area contributed by atoms with Gasteiger partial charge in [-0.1, -0.05) is 19.1 Å². The van der Waals surface area contributed by atoms with E-state index in [-0.39, 0.29) is 11.9 Å². The van der Waals surface area contributed by atoms with E-state index in [1.807, 2.05) is 47.4 Å². The van der Waals surface area contributed by atoms with Crippen molar-refractivity contribution in [3.05, 3.63) is 59.2 Å². The minimum Gasteiger partial charge on any atom is -0.399 e. The van der Waals surface area contributed by atoms with Crippen LogP contribution >= 0.6 is 0 Å². The summed E-state index contributed by atoms with van der Waals surface area (Å²) in [4.78, 5) is 14.7. The van der Waals surface area contributed by atoms with E-state index in [1.165, 1.54) is 5.56 Å². The summed E-state index contributed by atoms with van der Waals surface area (Å²) < 4.78 is 0. The van der Waals surface area contributed by atoms with E-state index in [1.54, 1.807) is 0 Å². The van der Waals surface area contributed by atoms with Crippen LogP contribution in [-0.4, -0.2) is 11.9 Å². The lowest BCUT2D eigenvalue weighted by molar-refractivity contribution is 0.0981. The Balaban J connectivity index is 1.94. The maximum atomic E-state index is 12.8. The number of aryl methyl sites for hydroxylation is 1. The summed E-state index contributed by atoms with van der Waals surface area (Å²) in [5.41, 5.74) is 10.7. The molecule has 3 nitrogen and oxygen atoms in total. The van der Waals surface area contributed by atoms with Gasteiger partial charge in [0, 0.05) is 23.0 Å². The first-order valence-electron chi connectivity index (χ1n) is 7.41. The van der Waals surface area contributed by atoms with Gasteiger partial charge in [0.05, 0.1) is 0 Å². The van der Waals surface area contributed by atoms with Gasteiger partial charge in [-0.15, -0.1) is 0 Å². The maximum Gasteiger partial charge on any atom is 0.258 e. The molecule has 0 saturated heterocycles. The molecular weight excluding hydrogens is 260 g/mol. The van der Waals surface area contributed by atoms with Gasteiger partial charge in [0.1, 0.15) is 0 Å². The Bertz CT molecular complexity index is 676. The lowest BCUT2D eigenvalue weighted by Gasteiger charge is -2.23. The van der Waals surface area contributed by atoms with E-state index in [4.69, 9.17) is 5.73 Å². The zero-order valence-electron chi connectivity index (χ0n) is 12.5. The van der Waals surface area contributed by atoms with Gasteiger partial charge in [0.2, 0.25) is 0 Å². The molecule has 1 aliphatic heterocycles.